The molecule has 0 aliphatic rings. The summed E-state index contributed by atoms with van der Waals surface area (Å²) in [4.78, 5) is 22.0. The van der Waals surface area contributed by atoms with E-state index in [0.29, 0.717) is 5.56 Å². The molecule has 0 saturated carbocycles. The topological polar surface area (TPSA) is 34.1 Å². The van der Waals surface area contributed by atoms with Crippen LogP contribution in [0.5, 0.6) is 0 Å². The molecule has 0 saturated heterocycles. The molecule has 0 fully saturated rings. The van der Waals surface area contributed by atoms with Gasteiger partial charge in [-0.2, -0.15) is 0 Å². The second-order valence-corrected chi connectivity index (χ2v) is 3.58. The van der Waals surface area contributed by atoms with E-state index < -0.39 is 5.24 Å². The van der Waals surface area contributed by atoms with Gasteiger partial charge in [-0.05, 0) is 30.2 Å². The molecular weight excluding hydrogens is 200 g/mol. The molecule has 14 heavy (non-hydrogen) atoms. The summed E-state index contributed by atoms with van der Waals surface area (Å²) < 4.78 is 0. The van der Waals surface area contributed by atoms with Crippen molar-refractivity contribution in [3.05, 3.63) is 35.4 Å². The maximum Gasteiger partial charge on any atom is 0.228 e. The van der Waals surface area contributed by atoms with Crippen LogP contribution in [0.3, 0.4) is 0 Å². The van der Waals surface area contributed by atoms with Crippen molar-refractivity contribution in [1.82, 2.24) is 0 Å². The summed E-state index contributed by atoms with van der Waals surface area (Å²) in [6, 6.07) is 6.96. The van der Waals surface area contributed by atoms with E-state index in [-0.39, 0.29) is 11.7 Å². The molecule has 1 rings (SSSR count). The Morgan fingerprint density at radius 1 is 1.36 bits per heavy atom. The lowest BCUT2D eigenvalue weighted by atomic mass is 9.99. The molecule has 0 aliphatic carbocycles. The Kier molecular flexibility index (Phi) is 3.42. The van der Waals surface area contributed by atoms with E-state index in [2.05, 4.69) is 0 Å². The molecule has 2 nitrogen and oxygen atoms in total. The van der Waals surface area contributed by atoms with Crippen molar-refractivity contribution in [3.8, 4) is 0 Å². The predicted molar refractivity (Wildman–Crippen MR) is 55.7 cm³/mol. The van der Waals surface area contributed by atoms with E-state index in [4.69, 9.17) is 11.6 Å². The van der Waals surface area contributed by atoms with Crippen LogP contribution in [0.2, 0.25) is 0 Å². The lowest BCUT2D eigenvalue weighted by Crippen LogP contribution is -2.03. The number of halogens is 1. The minimum Gasteiger partial charge on any atom is -0.295 e. The first-order valence-corrected chi connectivity index (χ1v) is 4.70. The molecule has 1 unspecified atom stereocenters. The summed E-state index contributed by atoms with van der Waals surface area (Å²) >= 11 is 5.37. The largest absolute Gasteiger partial charge is 0.295 e. The number of carbonyl (C=O) groups is 2. The Bertz CT molecular complexity index is 371. The van der Waals surface area contributed by atoms with Crippen LogP contribution in [0.1, 0.15) is 35.7 Å². The molecule has 0 amide bonds. The molecule has 74 valence electrons. The minimum absolute atomic E-state index is 0.0129. The molecule has 0 spiro atoms. The zero-order valence-corrected chi connectivity index (χ0v) is 8.84. The van der Waals surface area contributed by atoms with Gasteiger partial charge < -0.3 is 0 Å². The third kappa shape index (κ3) is 2.42. The van der Waals surface area contributed by atoms with Crippen molar-refractivity contribution in [2.24, 2.45) is 0 Å². The molecule has 1 aromatic carbocycles. The molecule has 0 heterocycles. The average Bonchev–Trinajstić information content (AvgIpc) is 2.16. The van der Waals surface area contributed by atoms with Gasteiger partial charge in [-0.1, -0.05) is 25.1 Å². The van der Waals surface area contributed by atoms with Crippen LogP contribution in [-0.4, -0.2) is 11.0 Å². The fourth-order valence-corrected chi connectivity index (χ4v) is 1.28. The Labute approximate surface area is 87.9 Å². The van der Waals surface area contributed by atoms with Gasteiger partial charge in [0.2, 0.25) is 5.24 Å². The van der Waals surface area contributed by atoms with E-state index in [1.807, 2.05) is 0 Å². The van der Waals surface area contributed by atoms with Crippen molar-refractivity contribution in [2.75, 3.05) is 0 Å². The van der Waals surface area contributed by atoms with E-state index in [9.17, 15) is 9.59 Å². The van der Waals surface area contributed by atoms with Crippen LogP contribution in [0.4, 0.5) is 0 Å². The van der Waals surface area contributed by atoms with Crippen molar-refractivity contribution in [2.45, 2.75) is 19.8 Å². The first kappa shape index (κ1) is 10.9. The Morgan fingerprint density at radius 2 is 2.00 bits per heavy atom. The monoisotopic (exact) mass is 210 g/mol. The molecule has 0 aliphatic heterocycles. The molecule has 0 N–H and O–H groups in total. The van der Waals surface area contributed by atoms with Gasteiger partial charge >= 0.3 is 0 Å². The first-order chi connectivity index (χ1) is 6.52. The summed E-state index contributed by atoms with van der Waals surface area (Å²) in [5.41, 5.74) is 1.38. The number of hydrogen-bond acceptors (Lipinski definition) is 2. The fraction of sp³-hybridized carbons (Fsp3) is 0.273. The fourth-order valence-electron chi connectivity index (χ4n) is 1.16. The van der Waals surface area contributed by atoms with Gasteiger partial charge in [-0.25, -0.2) is 0 Å². The van der Waals surface area contributed by atoms with Crippen molar-refractivity contribution >= 4 is 22.6 Å². The molecule has 1 atom stereocenters. The Morgan fingerprint density at radius 3 is 2.50 bits per heavy atom. The second-order valence-electron chi connectivity index (χ2n) is 3.21. The van der Waals surface area contributed by atoms with Gasteiger partial charge in [-0.15, -0.1) is 0 Å². The predicted octanol–water partition coefficient (Wildman–Crippen LogP) is 2.76. The van der Waals surface area contributed by atoms with Gasteiger partial charge in [0, 0.05) is 5.56 Å². The first-order valence-electron chi connectivity index (χ1n) is 4.32. The van der Waals surface area contributed by atoms with E-state index >= 15 is 0 Å². The molecule has 0 radical (unpaired) electrons. The van der Waals surface area contributed by atoms with E-state index in [1.54, 1.807) is 31.2 Å². The third-order valence-electron chi connectivity index (χ3n) is 2.13. The number of Topliss-reactive ketones (excluding diaryl/α,β-unsaturated/α-hetero) is 1. The summed E-state index contributed by atoms with van der Waals surface area (Å²) in [5.74, 6) is -0.378. The number of hydrogen-bond donors (Lipinski definition) is 0. The quantitative estimate of drug-likeness (QED) is 0.568. The molecule has 0 aromatic heterocycles. The van der Waals surface area contributed by atoms with Crippen LogP contribution in [0.25, 0.3) is 0 Å². The second kappa shape index (κ2) is 4.38. The van der Waals surface area contributed by atoms with Crippen LogP contribution in [0.15, 0.2) is 24.3 Å². The van der Waals surface area contributed by atoms with Gasteiger partial charge in [0.1, 0.15) is 0 Å². The highest BCUT2D eigenvalue weighted by atomic mass is 35.5. The van der Waals surface area contributed by atoms with Gasteiger partial charge in [0.25, 0.3) is 0 Å². The summed E-state index contributed by atoms with van der Waals surface area (Å²) in [5, 5.41) is -0.411. The highest BCUT2D eigenvalue weighted by Crippen LogP contribution is 2.19. The highest BCUT2D eigenvalue weighted by Gasteiger charge is 2.13. The van der Waals surface area contributed by atoms with Gasteiger partial charge in [-0.3, -0.25) is 9.59 Å². The lowest BCUT2D eigenvalue weighted by Gasteiger charge is -2.07. The van der Waals surface area contributed by atoms with E-state index in [1.165, 1.54) is 6.92 Å². The van der Waals surface area contributed by atoms with Crippen molar-refractivity contribution < 1.29 is 9.59 Å². The number of rotatable bonds is 3. The van der Waals surface area contributed by atoms with Gasteiger partial charge in [0.05, 0.1) is 5.92 Å². The third-order valence-corrected chi connectivity index (χ3v) is 2.46. The van der Waals surface area contributed by atoms with Crippen LogP contribution >= 0.6 is 11.6 Å². The Hall–Kier alpha value is -1.15. The maximum atomic E-state index is 11.1. The average molecular weight is 211 g/mol. The molecule has 1 aromatic rings. The van der Waals surface area contributed by atoms with Crippen LogP contribution in [-0.2, 0) is 4.79 Å². The zero-order chi connectivity index (χ0) is 10.7. The summed E-state index contributed by atoms with van der Waals surface area (Å²) in [7, 11) is 0. The highest BCUT2D eigenvalue weighted by molar-refractivity contribution is 6.64. The zero-order valence-electron chi connectivity index (χ0n) is 8.08. The summed E-state index contributed by atoms with van der Waals surface area (Å²) in [6.07, 6.45) is 0. The standard InChI is InChI=1S/C11H11ClO2/c1-7(11(12)14)9-4-3-5-10(6-9)8(2)13/h3-7H,1-2H3. The number of benzene rings is 1. The Balaban J connectivity index is 3.05. The van der Waals surface area contributed by atoms with Crippen molar-refractivity contribution in [1.29, 1.82) is 0 Å². The van der Waals surface area contributed by atoms with E-state index in [0.717, 1.165) is 5.56 Å². The summed E-state index contributed by atoms with van der Waals surface area (Å²) in [6.45, 7) is 3.21. The molecule has 3 heteroatoms. The van der Waals surface area contributed by atoms with Gasteiger partial charge in [0.15, 0.2) is 5.78 Å². The molecular formula is C11H11ClO2. The number of ketones is 1. The smallest absolute Gasteiger partial charge is 0.228 e. The normalized spacial score (nSPS) is 12.2. The minimum atomic E-state index is -0.411. The van der Waals surface area contributed by atoms with Crippen LogP contribution in [0, 0.1) is 0 Å². The van der Waals surface area contributed by atoms with Crippen LogP contribution < -0.4 is 0 Å². The lowest BCUT2D eigenvalue weighted by molar-refractivity contribution is -0.112. The van der Waals surface area contributed by atoms with Crippen molar-refractivity contribution in [3.63, 3.8) is 0 Å². The number of carbonyl (C=O) groups excluding carboxylic acids is 2. The SMILES string of the molecule is CC(=O)c1cccc(C(C)C(=O)Cl)c1. The maximum absolute atomic E-state index is 11.1. The molecule has 0 bridgehead atoms.